The van der Waals surface area contributed by atoms with Crippen LogP contribution in [0, 0.1) is 0 Å². The molecule has 1 unspecified atom stereocenters. The molecular formula is C16H30N4. The largest absolute Gasteiger partial charge is 0.310 e. The highest BCUT2D eigenvalue weighted by atomic mass is 15.3. The number of hydrogen-bond acceptors (Lipinski definition) is 3. The maximum atomic E-state index is 4.60. The number of hydrogen-bond donors (Lipinski definition) is 1. The first kappa shape index (κ1) is 15.5. The van der Waals surface area contributed by atoms with Crippen molar-refractivity contribution in [3.05, 3.63) is 17.5 Å². The Balaban J connectivity index is 1.78. The van der Waals surface area contributed by atoms with Crippen LogP contribution in [0.3, 0.4) is 0 Å². The molecule has 0 amide bonds. The van der Waals surface area contributed by atoms with Crippen molar-refractivity contribution in [2.75, 3.05) is 19.6 Å². The number of nitrogens with zero attached hydrogens (tertiary/aromatic N) is 3. The Morgan fingerprint density at radius 2 is 2.00 bits per heavy atom. The summed E-state index contributed by atoms with van der Waals surface area (Å²) in [7, 11) is 0. The lowest BCUT2D eigenvalue weighted by Gasteiger charge is -2.32. The maximum Gasteiger partial charge on any atom is 0.0625 e. The molecule has 1 fully saturated rings. The SMILES string of the molecule is CCc1cc(CNCC(C)N2CCCCC2)n(CC)n1. The highest BCUT2D eigenvalue weighted by Gasteiger charge is 2.16. The van der Waals surface area contributed by atoms with Gasteiger partial charge in [-0.1, -0.05) is 13.3 Å². The summed E-state index contributed by atoms with van der Waals surface area (Å²) in [4.78, 5) is 2.62. The molecule has 1 N–H and O–H groups in total. The Morgan fingerprint density at radius 3 is 2.65 bits per heavy atom. The summed E-state index contributed by atoms with van der Waals surface area (Å²) in [6.45, 7) is 12.2. The van der Waals surface area contributed by atoms with Gasteiger partial charge < -0.3 is 5.32 Å². The quantitative estimate of drug-likeness (QED) is 0.831. The molecule has 0 aromatic carbocycles. The zero-order valence-corrected chi connectivity index (χ0v) is 13.4. The van der Waals surface area contributed by atoms with Gasteiger partial charge in [-0.25, -0.2) is 0 Å². The van der Waals surface area contributed by atoms with E-state index in [0.717, 1.165) is 26.1 Å². The molecule has 1 saturated heterocycles. The molecule has 20 heavy (non-hydrogen) atoms. The standard InChI is InChI=1S/C16H30N4/c1-4-15-11-16(20(5-2)18-15)13-17-12-14(3)19-9-7-6-8-10-19/h11,14,17H,4-10,12-13H2,1-3H3. The third kappa shape index (κ3) is 4.06. The summed E-state index contributed by atoms with van der Waals surface area (Å²) in [5.41, 5.74) is 2.52. The van der Waals surface area contributed by atoms with Crippen LogP contribution < -0.4 is 5.32 Å². The Hall–Kier alpha value is -0.870. The minimum absolute atomic E-state index is 0.638. The number of likely N-dealkylation sites (tertiary alicyclic amines) is 1. The number of piperidine rings is 1. The van der Waals surface area contributed by atoms with Crippen LogP contribution in [-0.2, 0) is 19.5 Å². The summed E-state index contributed by atoms with van der Waals surface area (Å²) in [5, 5.41) is 8.21. The Bertz CT molecular complexity index is 393. The van der Waals surface area contributed by atoms with Crippen molar-refractivity contribution in [3.63, 3.8) is 0 Å². The van der Waals surface area contributed by atoms with E-state index in [4.69, 9.17) is 0 Å². The maximum absolute atomic E-state index is 4.60. The monoisotopic (exact) mass is 278 g/mol. The van der Waals surface area contributed by atoms with Gasteiger partial charge in [0.1, 0.15) is 0 Å². The van der Waals surface area contributed by atoms with E-state index in [2.05, 4.69) is 46.8 Å². The van der Waals surface area contributed by atoms with E-state index in [1.54, 1.807) is 0 Å². The van der Waals surface area contributed by atoms with Gasteiger partial charge in [-0.2, -0.15) is 5.10 Å². The second-order valence-corrected chi connectivity index (χ2v) is 5.87. The number of aromatic nitrogens is 2. The second-order valence-electron chi connectivity index (χ2n) is 5.87. The summed E-state index contributed by atoms with van der Waals surface area (Å²) in [6, 6.07) is 2.88. The lowest BCUT2D eigenvalue weighted by atomic mass is 10.1. The first-order valence-electron chi connectivity index (χ1n) is 8.25. The van der Waals surface area contributed by atoms with Crippen LogP contribution in [0.2, 0.25) is 0 Å². The van der Waals surface area contributed by atoms with Crippen LogP contribution in [0.1, 0.15) is 51.4 Å². The molecule has 1 aliphatic heterocycles. The van der Waals surface area contributed by atoms with Crippen molar-refractivity contribution in [1.29, 1.82) is 0 Å². The highest BCUT2D eigenvalue weighted by molar-refractivity contribution is 5.10. The van der Waals surface area contributed by atoms with Crippen molar-refractivity contribution >= 4 is 0 Å². The van der Waals surface area contributed by atoms with Gasteiger partial charge in [-0.05, 0) is 52.3 Å². The topological polar surface area (TPSA) is 33.1 Å². The number of nitrogens with one attached hydrogen (secondary N) is 1. The van der Waals surface area contributed by atoms with Crippen LogP contribution in [0.5, 0.6) is 0 Å². The highest BCUT2D eigenvalue weighted by Crippen LogP contribution is 2.11. The summed E-state index contributed by atoms with van der Waals surface area (Å²) < 4.78 is 2.12. The second kappa shape index (κ2) is 7.79. The van der Waals surface area contributed by atoms with Gasteiger partial charge in [0.25, 0.3) is 0 Å². The number of aryl methyl sites for hydroxylation is 2. The predicted octanol–water partition coefficient (Wildman–Crippen LogP) is 2.43. The zero-order valence-electron chi connectivity index (χ0n) is 13.4. The molecule has 0 saturated carbocycles. The molecule has 0 radical (unpaired) electrons. The fraction of sp³-hybridized carbons (Fsp3) is 0.812. The third-order valence-corrected chi connectivity index (χ3v) is 4.34. The van der Waals surface area contributed by atoms with E-state index in [-0.39, 0.29) is 0 Å². The minimum Gasteiger partial charge on any atom is -0.310 e. The Morgan fingerprint density at radius 1 is 1.25 bits per heavy atom. The van der Waals surface area contributed by atoms with E-state index < -0.39 is 0 Å². The molecule has 4 nitrogen and oxygen atoms in total. The fourth-order valence-corrected chi connectivity index (χ4v) is 3.00. The van der Waals surface area contributed by atoms with Crippen molar-refractivity contribution in [2.24, 2.45) is 0 Å². The summed E-state index contributed by atoms with van der Waals surface area (Å²) in [5.74, 6) is 0. The molecule has 4 heteroatoms. The summed E-state index contributed by atoms with van der Waals surface area (Å²) in [6.07, 6.45) is 5.16. The smallest absolute Gasteiger partial charge is 0.0625 e. The fourth-order valence-electron chi connectivity index (χ4n) is 3.00. The van der Waals surface area contributed by atoms with Crippen LogP contribution in [0.4, 0.5) is 0 Å². The first-order valence-corrected chi connectivity index (χ1v) is 8.25. The van der Waals surface area contributed by atoms with Gasteiger partial charge in [-0.3, -0.25) is 9.58 Å². The minimum atomic E-state index is 0.638. The normalized spacial score (nSPS) is 18.4. The van der Waals surface area contributed by atoms with Crippen LogP contribution >= 0.6 is 0 Å². The number of rotatable bonds is 7. The van der Waals surface area contributed by atoms with Gasteiger partial charge in [0.05, 0.1) is 11.4 Å². The molecular weight excluding hydrogens is 248 g/mol. The van der Waals surface area contributed by atoms with Gasteiger partial charge in [0, 0.05) is 25.7 Å². The summed E-state index contributed by atoms with van der Waals surface area (Å²) >= 11 is 0. The molecule has 0 spiro atoms. The molecule has 1 aromatic heterocycles. The van der Waals surface area contributed by atoms with Crippen molar-refractivity contribution in [1.82, 2.24) is 20.0 Å². The Labute approximate surface area is 123 Å². The molecule has 0 aliphatic carbocycles. The van der Waals surface area contributed by atoms with E-state index in [1.165, 1.54) is 43.7 Å². The molecule has 114 valence electrons. The van der Waals surface area contributed by atoms with E-state index in [1.807, 2.05) is 0 Å². The van der Waals surface area contributed by atoms with Crippen molar-refractivity contribution in [3.8, 4) is 0 Å². The first-order chi connectivity index (χ1) is 9.74. The predicted molar refractivity (Wildman–Crippen MR) is 83.9 cm³/mol. The molecule has 1 atom stereocenters. The van der Waals surface area contributed by atoms with Crippen molar-refractivity contribution in [2.45, 2.75) is 65.6 Å². The lowest BCUT2D eigenvalue weighted by molar-refractivity contribution is 0.170. The molecule has 2 rings (SSSR count). The molecule has 1 aromatic rings. The lowest BCUT2D eigenvalue weighted by Crippen LogP contribution is -2.43. The average Bonchev–Trinajstić information content (AvgIpc) is 2.90. The third-order valence-electron chi connectivity index (χ3n) is 4.34. The van der Waals surface area contributed by atoms with Crippen LogP contribution in [0.15, 0.2) is 6.07 Å². The van der Waals surface area contributed by atoms with E-state index >= 15 is 0 Å². The molecule has 2 heterocycles. The van der Waals surface area contributed by atoms with Crippen LogP contribution in [-0.4, -0.2) is 40.4 Å². The molecule has 0 bridgehead atoms. The van der Waals surface area contributed by atoms with Gasteiger partial charge in [0.2, 0.25) is 0 Å². The van der Waals surface area contributed by atoms with Crippen molar-refractivity contribution < 1.29 is 0 Å². The van der Waals surface area contributed by atoms with E-state index in [0.29, 0.717) is 6.04 Å². The van der Waals surface area contributed by atoms with Gasteiger partial charge >= 0.3 is 0 Å². The Kier molecular flexibility index (Phi) is 6.05. The zero-order chi connectivity index (χ0) is 14.4. The average molecular weight is 278 g/mol. The van der Waals surface area contributed by atoms with Crippen LogP contribution in [0.25, 0.3) is 0 Å². The van der Waals surface area contributed by atoms with Gasteiger partial charge in [-0.15, -0.1) is 0 Å². The molecule has 1 aliphatic rings. The van der Waals surface area contributed by atoms with Gasteiger partial charge in [0.15, 0.2) is 0 Å². The van der Waals surface area contributed by atoms with E-state index in [9.17, 15) is 0 Å².